The van der Waals surface area contributed by atoms with Gasteiger partial charge in [-0.15, -0.1) is 0 Å². The first-order valence-corrected chi connectivity index (χ1v) is 10.7. The Morgan fingerprint density at radius 1 is 1.03 bits per heavy atom. The lowest BCUT2D eigenvalue weighted by Crippen LogP contribution is -2.29. The maximum Gasteiger partial charge on any atom is 0.228 e. The van der Waals surface area contributed by atoms with Gasteiger partial charge in [-0.25, -0.2) is 4.68 Å². The van der Waals surface area contributed by atoms with E-state index >= 15 is 0 Å². The Kier molecular flexibility index (Phi) is 6.16. The van der Waals surface area contributed by atoms with Crippen LogP contribution in [0.3, 0.4) is 0 Å². The van der Waals surface area contributed by atoms with Crippen LogP contribution in [0.25, 0.3) is 16.8 Å². The van der Waals surface area contributed by atoms with Gasteiger partial charge in [-0.3, -0.25) is 9.59 Å². The van der Waals surface area contributed by atoms with E-state index in [0.717, 1.165) is 31.4 Å². The number of aromatic nitrogens is 2. The van der Waals surface area contributed by atoms with Gasteiger partial charge >= 0.3 is 0 Å². The SMILES string of the molecule is COc1ccc(-c2c(NC(=O)C3CCCCC3)n(-c3ccccc3)nc(C)c2=O)cc1. The molecular formula is C25H27N3O3. The van der Waals surface area contributed by atoms with Crippen LogP contribution in [-0.2, 0) is 4.79 Å². The third kappa shape index (κ3) is 4.38. The number of carbonyl (C=O) groups is 1. The van der Waals surface area contributed by atoms with E-state index in [0.29, 0.717) is 28.4 Å². The van der Waals surface area contributed by atoms with Crippen LogP contribution in [0.5, 0.6) is 5.75 Å². The molecule has 2 aromatic carbocycles. The molecule has 6 nitrogen and oxygen atoms in total. The van der Waals surface area contributed by atoms with E-state index in [-0.39, 0.29) is 17.3 Å². The van der Waals surface area contributed by atoms with Gasteiger partial charge in [-0.05, 0) is 49.6 Å². The standard InChI is InChI=1S/C25H27N3O3/c1-17-23(29)22(18-13-15-21(31-2)16-14-18)24(26-25(30)19-9-5-3-6-10-19)28(27-17)20-11-7-4-8-12-20/h4,7-8,11-16,19H,3,5-6,9-10H2,1-2H3,(H,26,30). The van der Waals surface area contributed by atoms with E-state index in [2.05, 4.69) is 10.4 Å². The zero-order valence-corrected chi connectivity index (χ0v) is 17.9. The fourth-order valence-electron chi connectivity index (χ4n) is 4.12. The maximum absolute atomic E-state index is 13.2. The summed E-state index contributed by atoms with van der Waals surface area (Å²) in [6.07, 6.45) is 5.03. The second kappa shape index (κ2) is 9.16. The summed E-state index contributed by atoms with van der Waals surface area (Å²) >= 11 is 0. The summed E-state index contributed by atoms with van der Waals surface area (Å²) in [5.41, 5.74) is 2.09. The third-order valence-corrected chi connectivity index (χ3v) is 5.85. The van der Waals surface area contributed by atoms with E-state index in [1.807, 2.05) is 54.6 Å². The Morgan fingerprint density at radius 2 is 1.71 bits per heavy atom. The van der Waals surface area contributed by atoms with Crippen molar-refractivity contribution in [1.29, 1.82) is 0 Å². The molecule has 1 fully saturated rings. The Morgan fingerprint density at radius 3 is 2.35 bits per heavy atom. The number of hydrogen-bond donors (Lipinski definition) is 1. The monoisotopic (exact) mass is 417 g/mol. The lowest BCUT2D eigenvalue weighted by Gasteiger charge is -2.23. The number of carbonyl (C=O) groups excluding carboxylic acids is 1. The number of nitrogens with one attached hydrogen (secondary N) is 1. The molecule has 3 aromatic rings. The van der Waals surface area contributed by atoms with Crippen molar-refractivity contribution in [2.45, 2.75) is 39.0 Å². The highest BCUT2D eigenvalue weighted by atomic mass is 16.5. The van der Waals surface area contributed by atoms with Crippen LogP contribution in [0, 0.1) is 12.8 Å². The fraction of sp³-hybridized carbons (Fsp3) is 0.320. The van der Waals surface area contributed by atoms with Crippen molar-refractivity contribution in [2.75, 3.05) is 12.4 Å². The number of hydrogen-bond acceptors (Lipinski definition) is 4. The minimum Gasteiger partial charge on any atom is -0.497 e. The van der Waals surface area contributed by atoms with Crippen molar-refractivity contribution in [3.63, 3.8) is 0 Å². The van der Waals surface area contributed by atoms with Crippen LogP contribution in [-0.4, -0.2) is 22.8 Å². The molecule has 0 spiro atoms. The molecule has 4 rings (SSSR count). The molecule has 0 unspecified atom stereocenters. The molecule has 160 valence electrons. The van der Waals surface area contributed by atoms with E-state index in [1.165, 1.54) is 6.42 Å². The van der Waals surface area contributed by atoms with Crippen LogP contribution in [0.4, 0.5) is 5.82 Å². The molecule has 1 aliphatic carbocycles. The summed E-state index contributed by atoms with van der Waals surface area (Å²) in [6, 6.07) is 16.8. The van der Waals surface area contributed by atoms with E-state index in [9.17, 15) is 9.59 Å². The van der Waals surface area contributed by atoms with Crippen LogP contribution < -0.4 is 15.5 Å². The molecule has 1 saturated carbocycles. The molecule has 0 atom stereocenters. The quantitative estimate of drug-likeness (QED) is 0.651. The van der Waals surface area contributed by atoms with Gasteiger partial charge in [0.1, 0.15) is 17.3 Å². The summed E-state index contributed by atoms with van der Waals surface area (Å²) < 4.78 is 6.92. The highest BCUT2D eigenvalue weighted by Gasteiger charge is 2.25. The molecule has 0 radical (unpaired) electrons. The van der Waals surface area contributed by atoms with Gasteiger partial charge in [-0.1, -0.05) is 49.6 Å². The molecule has 0 bridgehead atoms. The van der Waals surface area contributed by atoms with Crippen LogP contribution in [0.2, 0.25) is 0 Å². The van der Waals surface area contributed by atoms with Crippen LogP contribution in [0.1, 0.15) is 37.8 Å². The third-order valence-electron chi connectivity index (χ3n) is 5.85. The largest absolute Gasteiger partial charge is 0.497 e. The number of ether oxygens (including phenoxy) is 1. The Bertz CT molecular complexity index is 1120. The molecule has 1 aromatic heterocycles. The lowest BCUT2D eigenvalue weighted by molar-refractivity contribution is -0.120. The predicted octanol–water partition coefficient (Wildman–Crippen LogP) is 4.74. The topological polar surface area (TPSA) is 73.2 Å². The summed E-state index contributed by atoms with van der Waals surface area (Å²) in [7, 11) is 1.60. The number of rotatable bonds is 5. The minimum absolute atomic E-state index is 0.0434. The van der Waals surface area contributed by atoms with Crippen molar-refractivity contribution in [2.24, 2.45) is 5.92 Å². The summed E-state index contributed by atoms with van der Waals surface area (Å²) in [5, 5.41) is 7.60. The van der Waals surface area contributed by atoms with Gasteiger partial charge in [-0.2, -0.15) is 5.10 Å². The molecular weight excluding hydrogens is 390 g/mol. The van der Waals surface area contributed by atoms with Crippen molar-refractivity contribution < 1.29 is 9.53 Å². The maximum atomic E-state index is 13.2. The van der Waals surface area contributed by atoms with Crippen molar-refractivity contribution in [3.8, 4) is 22.6 Å². The Balaban J connectivity index is 1.88. The normalized spacial score (nSPS) is 14.3. The smallest absolute Gasteiger partial charge is 0.228 e. The highest BCUT2D eigenvalue weighted by molar-refractivity contribution is 5.96. The number of para-hydroxylation sites is 1. The molecule has 0 aliphatic heterocycles. The molecule has 0 saturated heterocycles. The fourth-order valence-corrected chi connectivity index (χ4v) is 4.12. The Labute approximate surface area is 181 Å². The first-order valence-electron chi connectivity index (χ1n) is 10.7. The van der Waals surface area contributed by atoms with Gasteiger partial charge in [0.25, 0.3) is 0 Å². The van der Waals surface area contributed by atoms with E-state index < -0.39 is 0 Å². The molecule has 1 amide bonds. The summed E-state index contributed by atoms with van der Waals surface area (Å²) in [5.74, 6) is 1.01. The van der Waals surface area contributed by atoms with Gasteiger partial charge in [0.15, 0.2) is 0 Å². The molecule has 6 heteroatoms. The van der Waals surface area contributed by atoms with Crippen molar-refractivity contribution in [3.05, 3.63) is 70.5 Å². The summed E-state index contributed by atoms with van der Waals surface area (Å²) in [4.78, 5) is 26.4. The Hall–Kier alpha value is -3.41. The number of nitrogens with zero attached hydrogens (tertiary/aromatic N) is 2. The highest BCUT2D eigenvalue weighted by Crippen LogP contribution is 2.30. The number of aryl methyl sites for hydroxylation is 1. The average molecular weight is 418 g/mol. The van der Waals surface area contributed by atoms with E-state index in [1.54, 1.807) is 18.7 Å². The first kappa shape index (κ1) is 20.8. The predicted molar refractivity (Wildman–Crippen MR) is 122 cm³/mol. The molecule has 1 heterocycles. The average Bonchev–Trinajstić information content (AvgIpc) is 2.82. The van der Waals surface area contributed by atoms with Crippen molar-refractivity contribution in [1.82, 2.24) is 9.78 Å². The number of anilines is 1. The lowest BCUT2D eigenvalue weighted by atomic mass is 9.88. The van der Waals surface area contributed by atoms with E-state index in [4.69, 9.17) is 4.74 Å². The van der Waals surface area contributed by atoms with Crippen molar-refractivity contribution >= 4 is 11.7 Å². The van der Waals surface area contributed by atoms with Gasteiger partial charge in [0.05, 0.1) is 18.4 Å². The first-order chi connectivity index (χ1) is 15.1. The van der Waals surface area contributed by atoms with Gasteiger partial charge < -0.3 is 10.1 Å². The zero-order valence-electron chi connectivity index (χ0n) is 17.9. The molecule has 1 aliphatic rings. The number of amides is 1. The number of methoxy groups -OCH3 is 1. The van der Waals surface area contributed by atoms with Crippen LogP contribution in [0.15, 0.2) is 59.4 Å². The second-order valence-corrected chi connectivity index (χ2v) is 7.94. The number of benzene rings is 2. The zero-order chi connectivity index (χ0) is 21.8. The summed E-state index contributed by atoms with van der Waals surface area (Å²) in [6.45, 7) is 1.70. The second-order valence-electron chi connectivity index (χ2n) is 7.94. The van der Waals surface area contributed by atoms with Gasteiger partial charge in [0.2, 0.25) is 11.3 Å². The molecule has 31 heavy (non-hydrogen) atoms. The van der Waals surface area contributed by atoms with Crippen LogP contribution >= 0.6 is 0 Å². The molecule has 1 N–H and O–H groups in total. The minimum atomic E-state index is -0.198. The van der Waals surface area contributed by atoms with Gasteiger partial charge in [0, 0.05) is 5.92 Å².